The standard InChI is InChI=1S/C28H34ClN5O2/c1-36-27-5-3-2-4-26(27)34-16-14-32(15-17-34)13-10-30-28(35)20-33-11-8-21(9-12-33)24-19-31-25-18-22(29)6-7-23(24)25/h2-8,18-19,31H,9-17,20H2,1H3,(H,30,35). The Kier molecular flexibility index (Phi) is 7.80. The lowest BCUT2D eigenvalue weighted by Crippen LogP contribution is -2.49. The second-order valence-corrected chi connectivity index (χ2v) is 9.89. The minimum absolute atomic E-state index is 0.0984. The molecule has 0 saturated carbocycles. The molecule has 0 unspecified atom stereocenters. The van der Waals surface area contributed by atoms with Crippen LogP contribution >= 0.6 is 11.6 Å². The lowest BCUT2D eigenvalue weighted by atomic mass is 9.99. The molecule has 1 amide bonds. The van der Waals surface area contributed by atoms with Crippen molar-refractivity contribution in [2.75, 3.05) is 70.9 Å². The van der Waals surface area contributed by atoms with Gasteiger partial charge in [-0.05, 0) is 36.3 Å². The van der Waals surface area contributed by atoms with Crippen molar-refractivity contribution in [2.24, 2.45) is 0 Å². The maximum atomic E-state index is 12.5. The number of methoxy groups -OCH3 is 1. The van der Waals surface area contributed by atoms with Crippen LogP contribution in [-0.4, -0.2) is 86.7 Å². The first-order chi connectivity index (χ1) is 17.6. The first-order valence-electron chi connectivity index (χ1n) is 12.7. The number of H-pyrrole nitrogens is 1. The number of rotatable bonds is 8. The molecule has 3 heterocycles. The molecule has 0 spiro atoms. The van der Waals surface area contributed by atoms with Gasteiger partial charge in [0, 0.05) is 80.0 Å². The van der Waals surface area contributed by atoms with Crippen LogP contribution in [-0.2, 0) is 4.79 Å². The molecule has 2 aliphatic rings. The number of benzene rings is 2. The molecule has 1 saturated heterocycles. The fourth-order valence-electron chi connectivity index (χ4n) is 5.18. The van der Waals surface area contributed by atoms with Gasteiger partial charge in [-0.15, -0.1) is 0 Å². The lowest BCUT2D eigenvalue weighted by Gasteiger charge is -2.36. The Morgan fingerprint density at radius 1 is 1.08 bits per heavy atom. The van der Waals surface area contributed by atoms with Gasteiger partial charge in [-0.25, -0.2) is 0 Å². The Balaban J connectivity index is 1.03. The molecule has 2 N–H and O–H groups in total. The maximum absolute atomic E-state index is 12.5. The Morgan fingerprint density at radius 2 is 1.92 bits per heavy atom. The van der Waals surface area contributed by atoms with E-state index in [-0.39, 0.29) is 5.91 Å². The number of nitrogens with one attached hydrogen (secondary N) is 2. The molecule has 8 heteroatoms. The summed E-state index contributed by atoms with van der Waals surface area (Å²) in [5.41, 5.74) is 4.77. The van der Waals surface area contributed by atoms with Gasteiger partial charge in [-0.2, -0.15) is 0 Å². The number of piperazine rings is 1. The average molecular weight is 508 g/mol. The Hall–Kier alpha value is -3.00. The molecule has 36 heavy (non-hydrogen) atoms. The molecule has 5 rings (SSSR count). The molecule has 190 valence electrons. The Morgan fingerprint density at radius 3 is 2.69 bits per heavy atom. The van der Waals surface area contributed by atoms with Gasteiger partial charge < -0.3 is 19.9 Å². The highest BCUT2D eigenvalue weighted by atomic mass is 35.5. The van der Waals surface area contributed by atoms with Crippen molar-refractivity contribution in [1.82, 2.24) is 20.1 Å². The van der Waals surface area contributed by atoms with E-state index in [2.05, 4.69) is 55.5 Å². The summed E-state index contributed by atoms with van der Waals surface area (Å²) in [7, 11) is 1.72. The van der Waals surface area contributed by atoms with Gasteiger partial charge in [0.15, 0.2) is 0 Å². The number of amides is 1. The number of carbonyl (C=O) groups excluding carboxylic acids is 1. The number of aromatic amines is 1. The predicted octanol–water partition coefficient (Wildman–Crippen LogP) is 3.86. The third-order valence-corrected chi connectivity index (χ3v) is 7.43. The van der Waals surface area contributed by atoms with Gasteiger partial charge in [-0.3, -0.25) is 14.6 Å². The SMILES string of the molecule is COc1ccccc1N1CCN(CCNC(=O)CN2CC=C(c3c[nH]c4cc(Cl)ccc34)CC2)CC1. The molecular formula is C28H34ClN5O2. The van der Waals surface area contributed by atoms with Crippen LogP contribution < -0.4 is 15.0 Å². The molecule has 0 aliphatic carbocycles. The van der Waals surface area contributed by atoms with Gasteiger partial charge in [0.25, 0.3) is 0 Å². The molecule has 0 radical (unpaired) electrons. The summed E-state index contributed by atoms with van der Waals surface area (Å²) in [4.78, 5) is 22.9. The van der Waals surface area contributed by atoms with E-state index in [0.29, 0.717) is 13.1 Å². The molecule has 1 fully saturated rings. The summed E-state index contributed by atoms with van der Waals surface area (Å²) in [6.45, 7) is 7.54. The fraction of sp³-hybridized carbons (Fsp3) is 0.393. The van der Waals surface area contributed by atoms with E-state index in [9.17, 15) is 4.79 Å². The Bertz CT molecular complexity index is 1230. The van der Waals surface area contributed by atoms with E-state index in [4.69, 9.17) is 16.3 Å². The van der Waals surface area contributed by atoms with Crippen molar-refractivity contribution < 1.29 is 9.53 Å². The van der Waals surface area contributed by atoms with Crippen LogP contribution in [0.1, 0.15) is 12.0 Å². The third-order valence-electron chi connectivity index (χ3n) is 7.20. The van der Waals surface area contributed by atoms with Crippen molar-refractivity contribution in [2.45, 2.75) is 6.42 Å². The maximum Gasteiger partial charge on any atom is 0.234 e. The van der Waals surface area contributed by atoms with Crippen molar-refractivity contribution in [3.05, 3.63) is 65.3 Å². The van der Waals surface area contributed by atoms with Gasteiger partial charge in [0.05, 0.1) is 19.3 Å². The van der Waals surface area contributed by atoms with E-state index in [0.717, 1.165) is 74.2 Å². The summed E-state index contributed by atoms with van der Waals surface area (Å²) in [5.74, 6) is 1.02. The van der Waals surface area contributed by atoms with Crippen molar-refractivity contribution in [3.8, 4) is 5.75 Å². The summed E-state index contributed by atoms with van der Waals surface area (Å²) in [6.07, 6.45) is 5.24. The highest BCUT2D eigenvalue weighted by Gasteiger charge is 2.20. The predicted molar refractivity (Wildman–Crippen MR) is 147 cm³/mol. The van der Waals surface area contributed by atoms with Crippen molar-refractivity contribution >= 4 is 39.7 Å². The second-order valence-electron chi connectivity index (χ2n) is 9.46. The second kappa shape index (κ2) is 11.4. The molecule has 3 aromatic rings. The molecule has 0 bridgehead atoms. The summed E-state index contributed by atoms with van der Waals surface area (Å²) >= 11 is 6.11. The minimum Gasteiger partial charge on any atom is -0.495 e. The van der Waals surface area contributed by atoms with E-state index < -0.39 is 0 Å². The first kappa shape index (κ1) is 24.7. The number of ether oxygens (including phenoxy) is 1. The molecule has 2 aliphatic heterocycles. The molecule has 2 aromatic carbocycles. The largest absolute Gasteiger partial charge is 0.495 e. The highest BCUT2D eigenvalue weighted by molar-refractivity contribution is 6.31. The quantitative estimate of drug-likeness (QED) is 0.485. The van der Waals surface area contributed by atoms with Crippen molar-refractivity contribution in [1.29, 1.82) is 0 Å². The van der Waals surface area contributed by atoms with Gasteiger partial charge in [0.2, 0.25) is 5.91 Å². The van der Waals surface area contributed by atoms with E-state index in [1.165, 1.54) is 16.5 Å². The summed E-state index contributed by atoms with van der Waals surface area (Å²) in [6, 6.07) is 14.1. The third kappa shape index (κ3) is 5.69. The van der Waals surface area contributed by atoms with Gasteiger partial charge in [-0.1, -0.05) is 35.9 Å². The number of para-hydroxylation sites is 2. The number of anilines is 1. The number of aromatic nitrogens is 1. The van der Waals surface area contributed by atoms with Crippen LogP contribution in [0.3, 0.4) is 0 Å². The average Bonchev–Trinajstić information content (AvgIpc) is 3.32. The number of halogens is 1. The topological polar surface area (TPSA) is 63.8 Å². The van der Waals surface area contributed by atoms with E-state index >= 15 is 0 Å². The van der Waals surface area contributed by atoms with Crippen LogP contribution in [0.2, 0.25) is 5.02 Å². The van der Waals surface area contributed by atoms with Crippen LogP contribution in [0.4, 0.5) is 5.69 Å². The van der Waals surface area contributed by atoms with Gasteiger partial charge in [0.1, 0.15) is 5.75 Å². The van der Waals surface area contributed by atoms with Crippen LogP contribution in [0.25, 0.3) is 16.5 Å². The normalized spacial score (nSPS) is 17.3. The smallest absolute Gasteiger partial charge is 0.234 e. The van der Waals surface area contributed by atoms with E-state index in [1.807, 2.05) is 24.3 Å². The molecule has 1 aromatic heterocycles. The summed E-state index contributed by atoms with van der Waals surface area (Å²) < 4.78 is 5.51. The monoisotopic (exact) mass is 507 g/mol. The molecule has 0 atom stereocenters. The number of hydrogen-bond donors (Lipinski definition) is 2. The zero-order valence-corrected chi connectivity index (χ0v) is 21.6. The lowest BCUT2D eigenvalue weighted by molar-refractivity contribution is -0.122. The fourth-order valence-corrected chi connectivity index (χ4v) is 5.35. The molecular weight excluding hydrogens is 474 g/mol. The zero-order chi connectivity index (χ0) is 24.9. The zero-order valence-electron chi connectivity index (χ0n) is 20.8. The summed E-state index contributed by atoms with van der Waals surface area (Å²) in [5, 5.41) is 5.04. The van der Waals surface area contributed by atoms with Crippen molar-refractivity contribution in [3.63, 3.8) is 0 Å². The number of nitrogens with zero attached hydrogens (tertiary/aromatic N) is 3. The molecule has 7 nitrogen and oxygen atoms in total. The van der Waals surface area contributed by atoms with Crippen LogP contribution in [0.5, 0.6) is 5.75 Å². The Labute approximate surface area is 217 Å². The van der Waals surface area contributed by atoms with Gasteiger partial charge >= 0.3 is 0 Å². The number of carbonyl (C=O) groups is 1. The number of fused-ring (bicyclic) bond motifs is 1. The first-order valence-corrected chi connectivity index (χ1v) is 13.0. The number of hydrogen-bond acceptors (Lipinski definition) is 5. The minimum atomic E-state index is 0.0984. The highest BCUT2D eigenvalue weighted by Crippen LogP contribution is 2.31. The van der Waals surface area contributed by atoms with Crippen LogP contribution in [0, 0.1) is 0 Å². The van der Waals surface area contributed by atoms with Crippen LogP contribution in [0.15, 0.2) is 54.7 Å². The van der Waals surface area contributed by atoms with E-state index in [1.54, 1.807) is 7.11 Å².